The van der Waals surface area contributed by atoms with Crippen LogP contribution in [-0.4, -0.2) is 25.3 Å². The van der Waals surface area contributed by atoms with Crippen LogP contribution in [0.4, 0.5) is 0 Å². The zero-order valence-electron chi connectivity index (χ0n) is 12.1. The second-order valence-electron chi connectivity index (χ2n) is 4.85. The lowest BCUT2D eigenvalue weighted by atomic mass is 10.1. The van der Waals surface area contributed by atoms with E-state index in [1.807, 2.05) is 48.5 Å². The van der Waals surface area contributed by atoms with Gasteiger partial charge in [-0.2, -0.15) is 0 Å². The highest BCUT2D eigenvalue weighted by atomic mass is 35.5. The van der Waals surface area contributed by atoms with Crippen molar-refractivity contribution in [2.24, 2.45) is 0 Å². The van der Waals surface area contributed by atoms with Crippen LogP contribution < -0.4 is 10.1 Å². The first-order valence-electron chi connectivity index (χ1n) is 6.97. The van der Waals surface area contributed by atoms with Crippen molar-refractivity contribution in [3.63, 3.8) is 0 Å². The van der Waals surface area contributed by atoms with Gasteiger partial charge in [-0.1, -0.05) is 48.0 Å². The number of rotatable bonds is 7. The van der Waals surface area contributed by atoms with E-state index in [1.54, 1.807) is 7.11 Å². The molecule has 2 rings (SSSR count). The van der Waals surface area contributed by atoms with Crippen LogP contribution in [0.1, 0.15) is 17.2 Å². The van der Waals surface area contributed by atoms with Crippen LogP contribution in [0.5, 0.6) is 5.75 Å². The Morgan fingerprint density at radius 2 is 1.95 bits per heavy atom. The fourth-order valence-electron chi connectivity index (χ4n) is 2.13. The Kier molecular flexibility index (Phi) is 6.05. The van der Waals surface area contributed by atoms with Crippen LogP contribution in [0.2, 0.25) is 5.02 Å². The predicted octanol–water partition coefficient (Wildman–Crippen LogP) is 3.21. The number of benzene rings is 2. The normalized spacial score (nSPS) is 12.1. The minimum atomic E-state index is -0.481. The first kappa shape index (κ1) is 15.8. The molecule has 0 fully saturated rings. The number of nitrogens with one attached hydrogen (secondary N) is 1. The number of ether oxygens (including phenoxy) is 1. The molecule has 112 valence electrons. The molecule has 2 aromatic rings. The standard InChI is InChI=1S/C17H20ClNO2/c1-21-17-8-7-13(11-15(17)18)9-10-19-12-16(20)14-5-3-2-4-6-14/h2-8,11,16,19-20H,9-10,12H2,1H3/t16-/m0/s1. The van der Waals surface area contributed by atoms with Gasteiger partial charge in [0.15, 0.2) is 0 Å². The van der Waals surface area contributed by atoms with E-state index < -0.39 is 6.10 Å². The largest absolute Gasteiger partial charge is 0.495 e. The molecule has 0 heterocycles. The quantitative estimate of drug-likeness (QED) is 0.772. The van der Waals surface area contributed by atoms with Gasteiger partial charge in [0.2, 0.25) is 0 Å². The third-order valence-corrected chi connectivity index (χ3v) is 3.62. The maximum Gasteiger partial charge on any atom is 0.137 e. The summed E-state index contributed by atoms with van der Waals surface area (Å²) in [7, 11) is 1.60. The Labute approximate surface area is 130 Å². The minimum Gasteiger partial charge on any atom is -0.495 e. The fourth-order valence-corrected chi connectivity index (χ4v) is 2.41. The third kappa shape index (κ3) is 4.74. The van der Waals surface area contributed by atoms with Crippen LogP contribution in [0, 0.1) is 0 Å². The molecule has 0 saturated heterocycles. The molecular formula is C17H20ClNO2. The summed E-state index contributed by atoms with van der Waals surface area (Å²) in [5, 5.41) is 13.9. The van der Waals surface area contributed by atoms with Gasteiger partial charge < -0.3 is 15.2 Å². The van der Waals surface area contributed by atoms with Crippen molar-refractivity contribution in [3.05, 3.63) is 64.7 Å². The summed E-state index contributed by atoms with van der Waals surface area (Å²) < 4.78 is 5.13. The SMILES string of the molecule is COc1ccc(CCNC[C@H](O)c2ccccc2)cc1Cl. The van der Waals surface area contributed by atoms with Gasteiger partial charge in [0, 0.05) is 6.54 Å². The number of methoxy groups -OCH3 is 1. The molecule has 2 aromatic carbocycles. The molecular weight excluding hydrogens is 286 g/mol. The molecule has 0 amide bonds. The monoisotopic (exact) mass is 305 g/mol. The predicted molar refractivity (Wildman–Crippen MR) is 86.0 cm³/mol. The molecule has 3 nitrogen and oxygen atoms in total. The lowest BCUT2D eigenvalue weighted by Gasteiger charge is -2.12. The van der Waals surface area contributed by atoms with E-state index in [1.165, 1.54) is 0 Å². The molecule has 0 aromatic heterocycles. The van der Waals surface area contributed by atoms with Crippen molar-refractivity contribution in [3.8, 4) is 5.75 Å². The summed E-state index contributed by atoms with van der Waals surface area (Å²) in [6.07, 6.45) is 0.372. The highest BCUT2D eigenvalue weighted by molar-refractivity contribution is 6.32. The zero-order chi connectivity index (χ0) is 15.1. The maximum atomic E-state index is 10.0. The van der Waals surface area contributed by atoms with Crippen molar-refractivity contribution in [2.45, 2.75) is 12.5 Å². The molecule has 4 heteroatoms. The van der Waals surface area contributed by atoms with E-state index in [2.05, 4.69) is 5.32 Å². The smallest absolute Gasteiger partial charge is 0.137 e. The highest BCUT2D eigenvalue weighted by Gasteiger charge is 2.06. The Bertz CT molecular complexity index is 560. The van der Waals surface area contributed by atoms with Crippen LogP contribution in [0.3, 0.4) is 0 Å². The van der Waals surface area contributed by atoms with Crippen molar-refractivity contribution < 1.29 is 9.84 Å². The van der Waals surface area contributed by atoms with E-state index in [0.717, 1.165) is 24.1 Å². The third-order valence-electron chi connectivity index (χ3n) is 3.33. The zero-order valence-corrected chi connectivity index (χ0v) is 12.8. The Morgan fingerprint density at radius 1 is 1.19 bits per heavy atom. The lowest BCUT2D eigenvalue weighted by Crippen LogP contribution is -2.23. The van der Waals surface area contributed by atoms with Crippen LogP contribution in [-0.2, 0) is 6.42 Å². The van der Waals surface area contributed by atoms with Gasteiger partial charge in [-0.15, -0.1) is 0 Å². The first-order valence-corrected chi connectivity index (χ1v) is 7.34. The topological polar surface area (TPSA) is 41.5 Å². The number of hydrogen-bond donors (Lipinski definition) is 2. The van der Waals surface area contributed by atoms with Crippen LogP contribution in [0.25, 0.3) is 0 Å². The van der Waals surface area contributed by atoms with Gasteiger partial charge >= 0.3 is 0 Å². The second kappa shape index (κ2) is 8.03. The summed E-state index contributed by atoms with van der Waals surface area (Å²) in [6.45, 7) is 1.32. The van der Waals surface area contributed by atoms with Gasteiger partial charge in [0.1, 0.15) is 5.75 Å². The van der Waals surface area contributed by atoms with Crippen molar-refractivity contribution in [1.82, 2.24) is 5.32 Å². The molecule has 0 unspecified atom stereocenters. The summed E-state index contributed by atoms with van der Waals surface area (Å²) in [6, 6.07) is 15.4. The van der Waals surface area contributed by atoms with E-state index in [0.29, 0.717) is 17.3 Å². The molecule has 0 radical (unpaired) electrons. The summed E-state index contributed by atoms with van der Waals surface area (Å²) >= 11 is 6.09. The Balaban J connectivity index is 1.76. The highest BCUT2D eigenvalue weighted by Crippen LogP contribution is 2.24. The minimum absolute atomic E-state index is 0.481. The number of aliphatic hydroxyl groups is 1. The molecule has 0 bridgehead atoms. The van der Waals surface area contributed by atoms with E-state index >= 15 is 0 Å². The number of aliphatic hydroxyl groups excluding tert-OH is 1. The van der Waals surface area contributed by atoms with Crippen molar-refractivity contribution >= 4 is 11.6 Å². The van der Waals surface area contributed by atoms with Crippen molar-refractivity contribution in [2.75, 3.05) is 20.2 Å². The van der Waals surface area contributed by atoms with Crippen molar-refractivity contribution in [1.29, 1.82) is 0 Å². The lowest BCUT2D eigenvalue weighted by molar-refractivity contribution is 0.175. The Morgan fingerprint density at radius 3 is 2.62 bits per heavy atom. The molecule has 0 aliphatic heterocycles. The fraction of sp³-hybridized carbons (Fsp3) is 0.294. The van der Waals surface area contributed by atoms with Gasteiger partial charge in [0.05, 0.1) is 18.2 Å². The molecule has 0 aliphatic rings. The number of hydrogen-bond acceptors (Lipinski definition) is 3. The molecule has 0 aliphatic carbocycles. The summed E-state index contributed by atoms with van der Waals surface area (Å²) in [5.74, 6) is 0.688. The molecule has 0 spiro atoms. The van der Waals surface area contributed by atoms with E-state index in [-0.39, 0.29) is 0 Å². The average Bonchev–Trinajstić information content (AvgIpc) is 2.52. The maximum absolute atomic E-state index is 10.0. The summed E-state index contributed by atoms with van der Waals surface area (Å²) in [4.78, 5) is 0. The molecule has 0 saturated carbocycles. The molecule has 21 heavy (non-hydrogen) atoms. The van der Waals surface area contributed by atoms with Crippen LogP contribution in [0.15, 0.2) is 48.5 Å². The van der Waals surface area contributed by atoms with Gasteiger partial charge in [0.25, 0.3) is 0 Å². The van der Waals surface area contributed by atoms with E-state index in [4.69, 9.17) is 16.3 Å². The second-order valence-corrected chi connectivity index (χ2v) is 5.26. The Hall–Kier alpha value is -1.55. The van der Waals surface area contributed by atoms with E-state index in [9.17, 15) is 5.11 Å². The average molecular weight is 306 g/mol. The molecule has 2 N–H and O–H groups in total. The van der Waals surface area contributed by atoms with Crippen LogP contribution >= 0.6 is 11.6 Å². The summed E-state index contributed by atoms with van der Waals surface area (Å²) in [5.41, 5.74) is 2.07. The van der Waals surface area contributed by atoms with Gasteiger partial charge in [-0.25, -0.2) is 0 Å². The molecule has 1 atom stereocenters. The number of halogens is 1. The van der Waals surface area contributed by atoms with Gasteiger partial charge in [-0.3, -0.25) is 0 Å². The van der Waals surface area contributed by atoms with Gasteiger partial charge in [-0.05, 0) is 36.2 Å². The first-order chi connectivity index (χ1) is 10.2.